The molecule has 2 aromatic carbocycles. The van der Waals surface area contributed by atoms with Gasteiger partial charge in [-0.15, -0.1) is 13.2 Å². The number of halogens is 2. The van der Waals surface area contributed by atoms with Gasteiger partial charge in [0.15, 0.2) is 0 Å². The van der Waals surface area contributed by atoms with E-state index in [1.807, 2.05) is 0 Å². The van der Waals surface area contributed by atoms with Gasteiger partial charge < -0.3 is 0 Å². The van der Waals surface area contributed by atoms with Crippen molar-refractivity contribution in [3.8, 4) is 0 Å². The van der Waals surface area contributed by atoms with Gasteiger partial charge in [0.2, 0.25) is 0 Å². The summed E-state index contributed by atoms with van der Waals surface area (Å²) < 4.78 is 0.399. The zero-order valence-electron chi connectivity index (χ0n) is 12.8. The van der Waals surface area contributed by atoms with E-state index in [2.05, 4.69) is 86.0 Å². The van der Waals surface area contributed by atoms with Crippen LogP contribution in [0, 0.1) is 0 Å². The summed E-state index contributed by atoms with van der Waals surface area (Å²) in [4.78, 5) is 0. The van der Waals surface area contributed by atoms with Crippen LogP contribution in [-0.4, -0.2) is 0 Å². The van der Waals surface area contributed by atoms with E-state index >= 15 is 0 Å². The molecule has 0 spiro atoms. The summed E-state index contributed by atoms with van der Waals surface area (Å²) in [5, 5.41) is 0. The standard InChI is InChI=1S/2C9H7.C2H4.2ClH.Ti/c2*1-2-5-9-7-3-6-8(9)4-1;1-2;;;/h2*1-7H;1-2H2;2*1H;/q;;;;;+2/p-2. The van der Waals surface area contributed by atoms with Crippen LogP contribution in [-0.2, 0) is 14.5 Å². The van der Waals surface area contributed by atoms with Gasteiger partial charge in [-0.05, 0) is 0 Å². The van der Waals surface area contributed by atoms with Crippen molar-refractivity contribution in [1.82, 2.24) is 0 Å². The average Bonchev–Trinajstić information content (AvgIpc) is 3.21. The Bertz CT molecular complexity index is 713. The molecular formula is C20H18Cl2Ti. The van der Waals surface area contributed by atoms with Crippen molar-refractivity contribution >= 4 is 30.8 Å². The number of allylic oxidation sites excluding steroid dienone is 2. The van der Waals surface area contributed by atoms with Crippen molar-refractivity contribution in [3.05, 3.63) is 96.1 Å². The fraction of sp³-hybridized carbons (Fsp3) is 0.100. The number of benzene rings is 2. The molecule has 2 aromatic rings. The molecule has 2 atom stereocenters. The molecule has 2 aliphatic rings. The summed E-state index contributed by atoms with van der Waals surface area (Å²) in [6.45, 7) is 6.00. The second-order valence-electron chi connectivity index (χ2n) is 5.61. The second-order valence-corrected chi connectivity index (χ2v) is 15.6. The molecule has 0 heterocycles. The number of hydrogen-bond donors (Lipinski definition) is 0. The first kappa shape index (κ1) is 16.8. The Kier molecular flexibility index (Phi) is 4.99. The summed E-state index contributed by atoms with van der Waals surface area (Å²) in [6.07, 6.45) is 8.74. The topological polar surface area (TPSA) is 0 Å². The first-order valence-corrected chi connectivity index (χ1v) is 13.7. The van der Waals surface area contributed by atoms with E-state index in [-0.39, 0.29) is 8.45 Å². The van der Waals surface area contributed by atoms with Gasteiger partial charge in [0.1, 0.15) is 0 Å². The fourth-order valence-corrected chi connectivity index (χ4v) is 10.3. The quantitative estimate of drug-likeness (QED) is 0.400. The van der Waals surface area contributed by atoms with E-state index in [4.69, 9.17) is 18.6 Å². The van der Waals surface area contributed by atoms with Gasteiger partial charge in [-0.3, -0.25) is 0 Å². The Hall–Kier alpha value is -1.05. The zero-order chi connectivity index (χ0) is 16.4. The molecular weight excluding hydrogens is 359 g/mol. The third-order valence-electron chi connectivity index (χ3n) is 4.43. The maximum atomic E-state index is 7.05. The Balaban J connectivity index is 0.000000753. The molecule has 4 rings (SSSR count). The van der Waals surface area contributed by atoms with Crippen molar-refractivity contribution in [3.63, 3.8) is 0 Å². The van der Waals surface area contributed by atoms with E-state index in [0.717, 1.165) is 0 Å². The third-order valence-corrected chi connectivity index (χ3v) is 12.5. The Morgan fingerprint density at radius 2 is 1.09 bits per heavy atom. The van der Waals surface area contributed by atoms with Gasteiger partial charge in [-0.25, -0.2) is 0 Å². The van der Waals surface area contributed by atoms with E-state index in [1.165, 1.54) is 22.3 Å². The summed E-state index contributed by atoms with van der Waals surface area (Å²) >= 11 is -3.16. The van der Waals surface area contributed by atoms with Gasteiger partial charge >= 0.3 is 137 Å². The van der Waals surface area contributed by atoms with Gasteiger partial charge in [0.05, 0.1) is 0 Å². The Morgan fingerprint density at radius 1 is 0.696 bits per heavy atom. The Labute approximate surface area is 149 Å². The van der Waals surface area contributed by atoms with Crippen molar-refractivity contribution < 1.29 is 14.5 Å². The predicted octanol–water partition coefficient (Wildman–Crippen LogP) is 6.79. The van der Waals surface area contributed by atoms with Gasteiger partial charge in [0.25, 0.3) is 0 Å². The molecule has 116 valence electrons. The van der Waals surface area contributed by atoms with Crippen molar-refractivity contribution in [2.75, 3.05) is 0 Å². The molecule has 0 radical (unpaired) electrons. The van der Waals surface area contributed by atoms with Crippen LogP contribution in [0.1, 0.15) is 30.7 Å². The SMILES string of the molecule is C=C.[Cl][Ti]([Cl])([CH]1C=Cc2ccccc21)[CH]1C=Cc2ccccc21. The van der Waals surface area contributed by atoms with E-state index in [1.54, 1.807) is 0 Å². The van der Waals surface area contributed by atoms with Crippen LogP contribution >= 0.6 is 18.6 Å². The van der Waals surface area contributed by atoms with Gasteiger partial charge in [0, 0.05) is 0 Å². The minimum absolute atomic E-state index is 0.199. The van der Waals surface area contributed by atoms with Crippen LogP contribution in [0.2, 0.25) is 0 Å². The molecule has 0 nitrogen and oxygen atoms in total. The van der Waals surface area contributed by atoms with E-state index in [0.29, 0.717) is 0 Å². The molecule has 0 N–H and O–H groups in total. The molecule has 0 fully saturated rings. The molecule has 2 aliphatic carbocycles. The van der Waals surface area contributed by atoms with Crippen LogP contribution in [0.4, 0.5) is 0 Å². The van der Waals surface area contributed by atoms with Crippen molar-refractivity contribution in [2.24, 2.45) is 0 Å². The van der Waals surface area contributed by atoms with E-state index in [9.17, 15) is 0 Å². The van der Waals surface area contributed by atoms with Crippen LogP contribution in [0.25, 0.3) is 12.2 Å². The predicted molar refractivity (Wildman–Crippen MR) is 99.4 cm³/mol. The van der Waals surface area contributed by atoms with Crippen LogP contribution in [0.5, 0.6) is 0 Å². The first-order valence-electron chi connectivity index (χ1n) is 7.60. The molecule has 0 aliphatic heterocycles. The molecule has 23 heavy (non-hydrogen) atoms. The summed E-state index contributed by atoms with van der Waals surface area (Å²) in [5.74, 6) is 0. The number of fused-ring (bicyclic) bond motifs is 2. The van der Waals surface area contributed by atoms with Gasteiger partial charge in [-0.1, -0.05) is 0 Å². The fourth-order valence-electron chi connectivity index (χ4n) is 3.36. The molecule has 0 saturated heterocycles. The maximum absolute atomic E-state index is 7.05. The second kappa shape index (κ2) is 6.83. The molecule has 0 amide bonds. The summed E-state index contributed by atoms with van der Waals surface area (Å²) in [5.41, 5.74) is 5.10. The molecule has 3 heteroatoms. The number of rotatable bonds is 2. The van der Waals surface area contributed by atoms with Crippen LogP contribution in [0.15, 0.2) is 73.8 Å². The summed E-state index contributed by atoms with van der Waals surface area (Å²) in [6, 6.07) is 16.9. The normalized spacial score (nSPS) is 20.6. The minimum atomic E-state index is -3.16. The molecule has 0 bridgehead atoms. The summed E-state index contributed by atoms with van der Waals surface area (Å²) in [7, 11) is 14.1. The van der Waals surface area contributed by atoms with Crippen molar-refractivity contribution in [2.45, 2.75) is 8.45 Å². The van der Waals surface area contributed by atoms with Crippen LogP contribution < -0.4 is 0 Å². The van der Waals surface area contributed by atoms with Gasteiger partial charge in [-0.2, -0.15) is 0 Å². The Morgan fingerprint density at radius 3 is 1.52 bits per heavy atom. The van der Waals surface area contributed by atoms with Crippen LogP contribution in [0.3, 0.4) is 0 Å². The zero-order valence-corrected chi connectivity index (χ0v) is 15.8. The van der Waals surface area contributed by atoms with E-state index < -0.39 is 14.5 Å². The molecule has 0 saturated carbocycles. The monoisotopic (exact) mass is 376 g/mol. The van der Waals surface area contributed by atoms with Crippen molar-refractivity contribution in [1.29, 1.82) is 0 Å². The average molecular weight is 377 g/mol. The molecule has 0 aromatic heterocycles. The molecule has 2 unspecified atom stereocenters. The number of hydrogen-bond acceptors (Lipinski definition) is 0. The first-order chi connectivity index (χ1) is 11.2. The third kappa shape index (κ3) is 2.90.